The van der Waals surface area contributed by atoms with Crippen molar-refractivity contribution in [1.29, 1.82) is 0 Å². The number of aromatic nitrogens is 1. The van der Waals surface area contributed by atoms with E-state index in [2.05, 4.69) is 15.0 Å². The molecule has 1 aromatic heterocycles. The number of carbonyl (C=O) groups is 2. The van der Waals surface area contributed by atoms with Gasteiger partial charge < -0.3 is 15.0 Å². The maximum absolute atomic E-state index is 11.9. The lowest BCUT2D eigenvalue weighted by Crippen LogP contribution is -2.38. The zero-order chi connectivity index (χ0) is 12.3. The van der Waals surface area contributed by atoms with Gasteiger partial charge in [-0.25, -0.2) is 9.78 Å². The molecule has 1 aliphatic rings. The van der Waals surface area contributed by atoms with Crippen molar-refractivity contribution < 1.29 is 14.3 Å². The topological polar surface area (TPSA) is 71.5 Å². The monoisotopic (exact) mass is 255 g/mol. The normalized spacial score (nSPS) is 19.1. The Morgan fingerprint density at radius 3 is 3.12 bits per heavy atom. The van der Waals surface area contributed by atoms with Gasteiger partial charge in [0, 0.05) is 18.5 Å². The van der Waals surface area contributed by atoms with Crippen molar-refractivity contribution in [2.24, 2.45) is 0 Å². The van der Waals surface area contributed by atoms with E-state index in [9.17, 15) is 9.59 Å². The zero-order valence-electron chi connectivity index (χ0n) is 9.38. The minimum atomic E-state index is -0.460. The Bertz CT molecular complexity index is 407. The maximum Gasteiger partial charge on any atom is 0.407 e. The van der Waals surface area contributed by atoms with Crippen LogP contribution in [0.25, 0.3) is 0 Å². The summed E-state index contributed by atoms with van der Waals surface area (Å²) < 4.78 is 4.52. The summed E-state index contributed by atoms with van der Waals surface area (Å²) in [4.78, 5) is 28.6. The van der Waals surface area contributed by atoms with Crippen molar-refractivity contribution >= 4 is 23.3 Å². The molecule has 2 rings (SSSR count). The fourth-order valence-corrected chi connectivity index (χ4v) is 2.29. The zero-order valence-corrected chi connectivity index (χ0v) is 10.2. The van der Waals surface area contributed by atoms with E-state index >= 15 is 0 Å². The van der Waals surface area contributed by atoms with Crippen LogP contribution in [0.4, 0.5) is 4.79 Å². The number of ether oxygens (including phenoxy) is 1. The van der Waals surface area contributed by atoms with Crippen LogP contribution < -0.4 is 5.32 Å². The first kappa shape index (κ1) is 11.8. The molecule has 1 atom stereocenters. The number of likely N-dealkylation sites (tertiary alicyclic amines) is 1. The van der Waals surface area contributed by atoms with Gasteiger partial charge in [-0.3, -0.25) is 4.79 Å². The molecule has 2 heterocycles. The van der Waals surface area contributed by atoms with Crippen molar-refractivity contribution in [1.82, 2.24) is 15.2 Å². The number of hydrogen-bond acceptors (Lipinski definition) is 5. The van der Waals surface area contributed by atoms with E-state index in [-0.39, 0.29) is 11.9 Å². The van der Waals surface area contributed by atoms with Crippen molar-refractivity contribution in [2.45, 2.75) is 12.5 Å². The van der Waals surface area contributed by atoms with Crippen LogP contribution in [0.15, 0.2) is 10.9 Å². The average Bonchev–Trinajstić information content (AvgIpc) is 2.98. The predicted octanol–water partition coefficient (Wildman–Crippen LogP) is 0.714. The largest absolute Gasteiger partial charge is 0.453 e. The van der Waals surface area contributed by atoms with E-state index in [0.29, 0.717) is 18.8 Å². The molecule has 6 nitrogen and oxygen atoms in total. The first-order valence-corrected chi connectivity index (χ1v) is 6.17. The van der Waals surface area contributed by atoms with E-state index in [1.807, 2.05) is 0 Å². The Balaban J connectivity index is 1.90. The van der Waals surface area contributed by atoms with Crippen molar-refractivity contribution in [2.75, 3.05) is 20.2 Å². The molecule has 1 aliphatic heterocycles. The number of nitrogens with zero attached hydrogens (tertiary/aromatic N) is 2. The number of alkyl carbamates (subject to hydrolysis) is 1. The first-order valence-electron chi connectivity index (χ1n) is 5.22. The predicted molar refractivity (Wildman–Crippen MR) is 62.0 cm³/mol. The molecule has 0 spiro atoms. The van der Waals surface area contributed by atoms with Gasteiger partial charge >= 0.3 is 6.09 Å². The molecule has 0 bridgehead atoms. The summed E-state index contributed by atoms with van der Waals surface area (Å²) in [5.74, 6) is -0.0829. The number of amides is 2. The molecule has 17 heavy (non-hydrogen) atoms. The summed E-state index contributed by atoms with van der Waals surface area (Å²) >= 11 is 1.39. The Kier molecular flexibility index (Phi) is 3.58. The molecule has 1 N–H and O–H groups in total. The molecule has 0 radical (unpaired) electrons. The highest BCUT2D eigenvalue weighted by Crippen LogP contribution is 2.13. The van der Waals surface area contributed by atoms with E-state index in [0.717, 1.165) is 6.42 Å². The lowest BCUT2D eigenvalue weighted by atomic mass is 10.3. The van der Waals surface area contributed by atoms with Crippen LogP contribution in [0.1, 0.15) is 16.9 Å². The second-order valence-corrected chi connectivity index (χ2v) is 4.47. The first-order chi connectivity index (χ1) is 8.20. The van der Waals surface area contributed by atoms with Gasteiger partial charge in [0.2, 0.25) is 0 Å². The number of carbonyl (C=O) groups excluding carboxylic acids is 2. The highest BCUT2D eigenvalue weighted by molar-refractivity contribution is 7.07. The highest BCUT2D eigenvalue weighted by atomic mass is 32.1. The van der Waals surface area contributed by atoms with Crippen molar-refractivity contribution in [3.63, 3.8) is 0 Å². The minimum Gasteiger partial charge on any atom is -0.453 e. The molecule has 7 heteroatoms. The van der Waals surface area contributed by atoms with Crippen molar-refractivity contribution in [3.05, 3.63) is 16.6 Å². The Morgan fingerprint density at radius 2 is 2.47 bits per heavy atom. The molecule has 1 unspecified atom stereocenters. The van der Waals surface area contributed by atoms with Gasteiger partial charge in [0.25, 0.3) is 5.91 Å². The van der Waals surface area contributed by atoms with Crippen LogP contribution in [-0.4, -0.2) is 48.1 Å². The Hall–Kier alpha value is -1.63. The van der Waals surface area contributed by atoms with E-state index in [1.165, 1.54) is 18.4 Å². The van der Waals surface area contributed by atoms with Gasteiger partial charge in [-0.2, -0.15) is 0 Å². The molecule has 0 saturated carbocycles. The quantitative estimate of drug-likeness (QED) is 0.845. The second-order valence-electron chi connectivity index (χ2n) is 3.75. The third kappa shape index (κ3) is 2.73. The SMILES string of the molecule is COC(=O)NC1CCN(C(=O)c2cscn2)C1. The van der Waals surface area contributed by atoms with E-state index < -0.39 is 6.09 Å². The molecule has 1 saturated heterocycles. The van der Waals surface area contributed by atoms with Crippen LogP contribution in [0.2, 0.25) is 0 Å². The van der Waals surface area contributed by atoms with E-state index in [1.54, 1.807) is 15.8 Å². The summed E-state index contributed by atoms with van der Waals surface area (Å²) in [6.45, 7) is 1.14. The number of rotatable bonds is 2. The van der Waals surface area contributed by atoms with Crippen LogP contribution in [0, 0.1) is 0 Å². The number of hydrogen-bond donors (Lipinski definition) is 1. The Morgan fingerprint density at radius 1 is 1.65 bits per heavy atom. The summed E-state index contributed by atoms with van der Waals surface area (Å²) in [6, 6.07) is -0.0370. The molecule has 0 aromatic carbocycles. The van der Waals surface area contributed by atoms with Crippen molar-refractivity contribution in [3.8, 4) is 0 Å². The van der Waals surface area contributed by atoms with Crippen LogP contribution in [-0.2, 0) is 4.74 Å². The van der Waals surface area contributed by atoms with E-state index in [4.69, 9.17) is 0 Å². The molecule has 1 fully saturated rings. The maximum atomic E-state index is 11.9. The molecule has 92 valence electrons. The number of methoxy groups -OCH3 is 1. The van der Waals surface area contributed by atoms with Crippen LogP contribution >= 0.6 is 11.3 Å². The standard InChI is InChI=1S/C10H13N3O3S/c1-16-10(15)12-7-2-3-13(4-7)9(14)8-5-17-6-11-8/h5-7H,2-4H2,1H3,(H,12,15). The molecular weight excluding hydrogens is 242 g/mol. The smallest absolute Gasteiger partial charge is 0.407 e. The third-order valence-corrected chi connectivity index (χ3v) is 3.22. The van der Waals surface area contributed by atoms with Gasteiger partial charge in [-0.15, -0.1) is 11.3 Å². The molecule has 1 aromatic rings. The third-order valence-electron chi connectivity index (χ3n) is 2.63. The summed E-state index contributed by atoms with van der Waals surface area (Å²) in [7, 11) is 1.32. The summed E-state index contributed by atoms with van der Waals surface area (Å²) in [5.41, 5.74) is 2.10. The summed E-state index contributed by atoms with van der Waals surface area (Å²) in [6.07, 6.45) is 0.281. The van der Waals surface area contributed by atoms with Crippen LogP contribution in [0.3, 0.4) is 0 Å². The number of nitrogens with one attached hydrogen (secondary N) is 1. The van der Waals surface area contributed by atoms with Gasteiger partial charge in [0.1, 0.15) is 5.69 Å². The molecule has 2 amide bonds. The fourth-order valence-electron chi connectivity index (χ4n) is 1.77. The molecule has 0 aliphatic carbocycles. The second kappa shape index (κ2) is 5.13. The Labute approximate surface area is 103 Å². The highest BCUT2D eigenvalue weighted by Gasteiger charge is 2.28. The van der Waals surface area contributed by atoms with Gasteiger partial charge in [0.15, 0.2) is 0 Å². The lowest BCUT2D eigenvalue weighted by molar-refractivity contribution is 0.0783. The lowest BCUT2D eigenvalue weighted by Gasteiger charge is -2.15. The van der Waals surface area contributed by atoms with Gasteiger partial charge in [-0.1, -0.05) is 0 Å². The number of thiazole rings is 1. The van der Waals surface area contributed by atoms with Crippen LogP contribution in [0.5, 0.6) is 0 Å². The fraction of sp³-hybridized carbons (Fsp3) is 0.500. The van der Waals surface area contributed by atoms with Gasteiger partial charge in [-0.05, 0) is 6.42 Å². The minimum absolute atomic E-state index is 0.0370. The molecular formula is C10H13N3O3S. The average molecular weight is 255 g/mol. The van der Waals surface area contributed by atoms with Gasteiger partial charge in [0.05, 0.1) is 18.7 Å². The summed E-state index contributed by atoms with van der Waals surface area (Å²) in [5, 5.41) is 4.41.